The van der Waals surface area contributed by atoms with Gasteiger partial charge in [0.2, 0.25) is 0 Å². The maximum absolute atomic E-state index is 5.56. The van der Waals surface area contributed by atoms with Crippen LogP contribution in [0.25, 0.3) is 10.9 Å². The number of nitrogens with one attached hydrogen (secondary N) is 1. The van der Waals surface area contributed by atoms with Gasteiger partial charge in [0.25, 0.3) is 0 Å². The van der Waals surface area contributed by atoms with E-state index >= 15 is 0 Å². The lowest BCUT2D eigenvalue weighted by Gasteiger charge is -2.03. The summed E-state index contributed by atoms with van der Waals surface area (Å²) < 4.78 is 5.47. The van der Waals surface area contributed by atoms with Crippen LogP contribution < -0.4 is 22.9 Å². The Bertz CT molecular complexity index is 453. The van der Waals surface area contributed by atoms with Gasteiger partial charge in [-0.2, -0.15) is 0 Å². The summed E-state index contributed by atoms with van der Waals surface area (Å²) in [5.41, 5.74) is 7.96. The summed E-state index contributed by atoms with van der Waals surface area (Å²) in [7, 11) is 0. The first-order chi connectivity index (χ1) is 7.35. The lowest BCUT2D eigenvalue weighted by atomic mass is 10.1. The molecule has 88 valence electrons. The molecule has 0 amide bonds. The SMILES string of the molecule is CCOc1ccc2[nH]cc(CCN)c2c1.[Cl-]. The molecule has 1 aromatic carbocycles. The molecule has 3 nitrogen and oxygen atoms in total. The van der Waals surface area contributed by atoms with Gasteiger partial charge >= 0.3 is 0 Å². The van der Waals surface area contributed by atoms with Crippen LogP contribution in [-0.4, -0.2) is 18.1 Å². The fourth-order valence-electron chi connectivity index (χ4n) is 1.78. The first kappa shape index (κ1) is 12.9. The first-order valence-corrected chi connectivity index (χ1v) is 5.28. The number of rotatable bonds is 4. The van der Waals surface area contributed by atoms with E-state index in [0.29, 0.717) is 13.2 Å². The summed E-state index contributed by atoms with van der Waals surface area (Å²) in [5.74, 6) is 0.919. The zero-order chi connectivity index (χ0) is 10.7. The van der Waals surface area contributed by atoms with Crippen molar-refractivity contribution in [3.8, 4) is 5.75 Å². The smallest absolute Gasteiger partial charge is 0.120 e. The number of aromatic amines is 1. The normalized spacial score (nSPS) is 10.1. The summed E-state index contributed by atoms with van der Waals surface area (Å²) in [6, 6.07) is 6.09. The summed E-state index contributed by atoms with van der Waals surface area (Å²) in [6.07, 6.45) is 2.92. The van der Waals surface area contributed by atoms with Gasteiger partial charge in [-0.1, -0.05) is 0 Å². The molecule has 0 fully saturated rings. The topological polar surface area (TPSA) is 51.0 Å². The van der Waals surface area contributed by atoms with Gasteiger partial charge in [0.1, 0.15) is 5.75 Å². The molecule has 0 radical (unpaired) electrons. The van der Waals surface area contributed by atoms with Crippen LogP contribution in [-0.2, 0) is 6.42 Å². The molecule has 2 rings (SSSR count). The van der Waals surface area contributed by atoms with E-state index in [1.807, 2.05) is 25.3 Å². The minimum Gasteiger partial charge on any atom is -1.00 e. The molecule has 0 aliphatic heterocycles. The predicted octanol–water partition coefficient (Wildman–Crippen LogP) is -0.928. The number of hydrogen-bond donors (Lipinski definition) is 2. The molecule has 0 atom stereocenters. The van der Waals surface area contributed by atoms with Gasteiger partial charge in [0.05, 0.1) is 6.61 Å². The molecular formula is C12H16ClN2O-. The van der Waals surface area contributed by atoms with Crippen LogP contribution in [0.3, 0.4) is 0 Å². The van der Waals surface area contributed by atoms with Crippen molar-refractivity contribution < 1.29 is 17.1 Å². The molecule has 1 aromatic heterocycles. The zero-order valence-corrected chi connectivity index (χ0v) is 10.1. The van der Waals surface area contributed by atoms with Crippen molar-refractivity contribution >= 4 is 10.9 Å². The molecule has 0 saturated heterocycles. The van der Waals surface area contributed by atoms with Crippen LogP contribution in [0.1, 0.15) is 12.5 Å². The van der Waals surface area contributed by atoms with Crippen molar-refractivity contribution in [2.75, 3.05) is 13.2 Å². The number of H-pyrrole nitrogens is 1. The Morgan fingerprint density at radius 3 is 2.88 bits per heavy atom. The second-order valence-electron chi connectivity index (χ2n) is 3.49. The number of benzene rings is 1. The second-order valence-corrected chi connectivity index (χ2v) is 3.49. The quantitative estimate of drug-likeness (QED) is 0.725. The highest BCUT2D eigenvalue weighted by molar-refractivity contribution is 5.84. The maximum atomic E-state index is 5.56. The molecule has 0 unspecified atom stereocenters. The standard InChI is InChI=1S/C12H16N2O.ClH/c1-2-15-10-3-4-12-11(7-10)9(5-6-13)8-14-12;/h3-4,7-8,14H,2,5-6,13H2,1H3;1H/p-1. The Morgan fingerprint density at radius 2 is 2.19 bits per heavy atom. The molecule has 0 aliphatic carbocycles. The Labute approximate surface area is 101 Å². The van der Waals surface area contributed by atoms with E-state index in [9.17, 15) is 0 Å². The van der Waals surface area contributed by atoms with Crippen LogP contribution in [0.4, 0.5) is 0 Å². The summed E-state index contributed by atoms with van der Waals surface area (Å²) >= 11 is 0. The molecule has 0 spiro atoms. The molecule has 0 bridgehead atoms. The van der Waals surface area contributed by atoms with Gasteiger partial charge in [0, 0.05) is 17.1 Å². The lowest BCUT2D eigenvalue weighted by molar-refractivity contribution is -0.00000378. The minimum absolute atomic E-state index is 0. The maximum Gasteiger partial charge on any atom is 0.120 e. The fraction of sp³-hybridized carbons (Fsp3) is 0.333. The Kier molecular flexibility index (Phi) is 4.65. The van der Waals surface area contributed by atoms with Crippen molar-refractivity contribution in [2.24, 2.45) is 5.73 Å². The van der Waals surface area contributed by atoms with E-state index in [0.717, 1.165) is 17.7 Å². The third kappa shape index (κ3) is 2.49. The van der Waals surface area contributed by atoms with Crippen LogP contribution in [0.15, 0.2) is 24.4 Å². The minimum atomic E-state index is 0. The van der Waals surface area contributed by atoms with Crippen LogP contribution in [0.2, 0.25) is 0 Å². The third-order valence-electron chi connectivity index (χ3n) is 2.46. The molecule has 2 aromatic rings. The highest BCUT2D eigenvalue weighted by Crippen LogP contribution is 2.23. The largest absolute Gasteiger partial charge is 1.00 e. The number of nitrogens with two attached hydrogens (primary N) is 1. The fourth-order valence-corrected chi connectivity index (χ4v) is 1.78. The predicted molar refractivity (Wildman–Crippen MR) is 62.2 cm³/mol. The Balaban J connectivity index is 0.00000128. The van der Waals surface area contributed by atoms with Crippen molar-refractivity contribution in [2.45, 2.75) is 13.3 Å². The third-order valence-corrected chi connectivity index (χ3v) is 2.46. The molecule has 16 heavy (non-hydrogen) atoms. The number of hydrogen-bond acceptors (Lipinski definition) is 2. The number of ether oxygens (including phenoxy) is 1. The molecule has 0 saturated carbocycles. The van der Waals surface area contributed by atoms with Gasteiger partial charge in [-0.3, -0.25) is 0 Å². The number of halogens is 1. The molecule has 1 heterocycles. The molecular weight excluding hydrogens is 224 g/mol. The molecule has 0 aliphatic rings. The Morgan fingerprint density at radius 1 is 1.38 bits per heavy atom. The average molecular weight is 240 g/mol. The van der Waals surface area contributed by atoms with Crippen molar-refractivity contribution in [1.29, 1.82) is 0 Å². The highest BCUT2D eigenvalue weighted by atomic mass is 35.5. The summed E-state index contributed by atoms with van der Waals surface area (Å²) in [5, 5.41) is 1.21. The van der Waals surface area contributed by atoms with E-state index < -0.39 is 0 Å². The van der Waals surface area contributed by atoms with E-state index in [4.69, 9.17) is 10.5 Å². The molecule has 3 N–H and O–H groups in total. The summed E-state index contributed by atoms with van der Waals surface area (Å²) in [6.45, 7) is 3.36. The van der Waals surface area contributed by atoms with Gasteiger partial charge in [-0.15, -0.1) is 0 Å². The summed E-state index contributed by atoms with van der Waals surface area (Å²) in [4.78, 5) is 3.23. The number of aromatic nitrogens is 1. The van der Waals surface area contributed by atoms with Crippen LogP contribution >= 0.6 is 0 Å². The van der Waals surface area contributed by atoms with E-state index in [2.05, 4.69) is 11.1 Å². The van der Waals surface area contributed by atoms with Gasteiger partial charge in [-0.05, 0) is 43.7 Å². The zero-order valence-electron chi connectivity index (χ0n) is 9.29. The van der Waals surface area contributed by atoms with E-state index in [1.54, 1.807) is 0 Å². The van der Waals surface area contributed by atoms with E-state index in [1.165, 1.54) is 10.9 Å². The highest BCUT2D eigenvalue weighted by Gasteiger charge is 2.04. The van der Waals surface area contributed by atoms with Crippen molar-refractivity contribution in [3.05, 3.63) is 30.0 Å². The average Bonchev–Trinajstić information content (AvgIpc) is 2.63. The van der Waals surface area contributed by atoms with Gasteiger partial charge in [-0.25, -0.2) is 0 Å². The number of fused-ring (bicyclic) bond motifs is 1. The van der Waals surface area contributed by atoms with Gasteiger partial charge in [0.15, 0.2) is 0 Å². The molecule has 4 heteroatoms. The first-order valence-electron chi connectivity index (χ1n) is 5.28. The van der Waals surface area contributed by atoms with Crippen molar-refractivity contribution in [3.63, 3.8) is 0 Å². The van der Waals surface area contributed by atoms with Crippen molar-refractivity contribution in [1.82, 2.24) is 4.98 Å². The monoisotopic (exact) mass is 239 g/mol. The van der Waals surface area contributed by atoms with E-state index in [-0.39, 0.29) is 12.4 Å². The van der Waals surface area contributed by atoms with Gasteiger partial charge < -0.3 is 27.9 Å². The van der Waals surface area contributed by atoms with Crippen LogP contribution in [0.5, 0.6) is 5.75 Å². The lowest BCUT2D eigenvalue weighted by Crippen LogP contribution is -3.00. The second kappa shape index (κ2) is 5.77. The Hall–Kier alpha value is -1.19. The van der Waals surface area contributed by atoms with Crippen LogP contribution in [0, 0.1) is 0 Å².